The normalized spacial score (nSPS) is 23.9. The third-order valence-electron chi connectivity index (χ3n) is 1.90. The molecule has 1 aliphatic heterocycles. The summed E-state index contributed by atoms with van der Waals surface area (Å²) in [5.74, 6) is -0.310. The highest BCUT2D eigenvalue weighted by atomic mass is 16.3. The fraction of sp³-hybridized carbons (Fsp3) is 0.750. The number of carbonyl (C=O) groups is 2. The average molecular weight is 201 g/mol. The molecular formula is C8H15N3O3. The van der Waals surface area contributed by atoms with Crippen LogP contribution >= 0.6 is 0 Å². The lowest BCUT2D eigenvalue weighted by Crippen LogP contribution is -2.58. The van der Waals surface area contributed by atoms with Gasteiger partial charge in [-0.3, -0.25) is 14.9 Å². The van der Waals surface area contributed by atoms with Gasteiger partial charge in [-0.25, -0.2) is 0 Å². The molecule has 2 atom stereocenters. The van der Waals surface area contributed by atoms with Crippen molar-refractivity contribution in [2.75, 3.05) is 19.6 Å². The van der Waals surface area contributed by atoms with Gasteiger partial charge in [-0.2, -0.15) is 0 Å². The highest BCUT2D eigenvalue weighted by molar-refractivity contribution is 5.86. The van der Waals surface area contributed by atoms with E-state index in [0.717, 1.165) is 0 Å². The smallest absolute Gasteiger partial charge is 0.239 e. The van der Waals surface area contributed by atoms with E-state index in [1.165, 1.54) is 0 Å². The minimum atomic E-state index is -0.558. The topological polar surface area (TPSA) is 90.5 Å². The first-order valence-electron chi connectivity index (χ1n) is 4.55. The number of amides is 2. The minimum absolute atomic E-state index is 0.107. The lowest BCUT2D eigenvalue weighted by atomic mass is 10.2. The van der Waals surface area contributed by atoms with Crippen molar-refractivity contribution in [1.82, 2.24) is 16.0 Å². The molecule has 1 saturated heterocycles. The van der Waals surface area contributed by atoms with E-state index in [-0.39, 0.29) is 24.9 Å². The Balaban J connectivity index is 2.27. The molecule has 0 aromatic carbocycles. The number of hydrogen-bond acceptors (Lipinski definition) is 4. The molecule has 1 heterocycles. The first-order valence-corrected chi connectivity index (χ1v) is 4.55. The average Bonchev–Trinajstić information content (AvgIpc) is 2.15. The maximum absolute atomic E-state index is 11.4. The summed E-state index contributed by atoms with van der Waals surface area (Å²) in [6.07, 6.45) is -0.558. The molecule has 2 amide bonds. The van der Waals surface area contributed by atoms with Gasteiger partial charge >= 0.3 is 0 Å². The number of aliphatic hydroxyl groups is 1. The number of piperazine rings is 1. The second kappa shape index (κ2) is 4.92. The van der Waals surface area contributed by atoms with Crippen molar-refractivity contribution in [3.8, 4) is 0 Å². The van der Waals surface area contributed by atoms with E-state index >= 15 is 0 Å². The number of aliphatic hydroxyl groups excluding tert-OH is 1. The van der Waals surface area contributed by atoms with Gasteiger partial charge in [0.2, 0.25) is 11.8 Å². The Morgan fingerprint density at radius 3 is 3.00 bits per heavy atom. The Bertz CT molecular complexity index is 220. The van der Waals surface area contributed by atoms with Crippen LogP contribution in [0.3, 0.4) is 0 Å². The molecule has 1 rings (SSSR count). The molecule has 1 aliphatic rings. The van der Waals surface area contributed by atoms with Crippen LogP contribution in [0, 0.1) is 0 Å². The molecule has 0 bridgehead atoms. The summed E-state index contributed by atoms with van der Waals surface area (Å²) in [5.41, 5.74) is 0. The molecule has 1 unspecified atom stereocenters. The van der Waals surface area contributed by atoms with Crippen molar-refractivity contribution in [1.29, 1.82) is 0 Å². The molecule has 0 aromatic heterocycles. The lowest BCUT2D eigenvalue weighted by Gasteiger charge is -2.23. The maximum atomic E-state index is 11.4. The van der Waals surface area contributed by atoms with E-state index in [0.29, 0.717) is 6.54 Å². The zero-order valence-electron chi connectivity index (χ0n) is 8.04. The van der Waals surface area contributed by atoms with E-state index in [2.05, 4.69) is 16.0 Å². The summed E-state index contributed by atoms with van der Waals surface area (Å²) in [6.45, 7) is 2.28. The van der Waals surface area contributed by atoms with Crippen molar-refractivity contribution in [2.24, 2.45) is 0 Å². The largest absolute Gasteiger partial charge is 0.392 e. The Kier molecular flexibility index (Phi) is 3.84. The molecule has 1 fully saturated rings. The summed E-state index contributed by atoms with van der Waals surface area (Å²) < 4.78 is 0. The first-order chi connectivity index (χ1) is 6.59. The number of nitrogens with one attached hydrogen (secondary N) is 3. The van der Waals surface area contributed by atoms with Gasteiger partial charge in [-0.1, -0.05) is 0 Å². The molecule has 0 spiro atoms. The van der Waals surface area contributed by atoms with E-state index in [1.54, 1.807) is 6.92 Å². The molecule has 0 aliphatic carbocycles. The van der Waals surface area contributed by atoms with E-state index in [1.807, 2.05) is 0 Å². The Hall–Kier alpha value is -1.14. The van der Waals surface area contributed by atoms with E-state index < -0.39 is 12.1 Å². The second-order valence-electron chi connectivity index (χ2n) is 3.33. The molecule has 0 aromatic rings. The van der Waals surface area contributed by atoms with Gasteiger partial charge in [-0.05, 0) is 6.92 Å². The van der Waals surface area contributed by atoms with Crippen LogP contribution < -0.4 is 16.0 Å². The molecule has 6 heteroatoms. The molecule has 14 heavy (non-hydrogen) atoms. The molecule has 80 valence electrons. The number of carbonyl (C=O) groups excluding carboxylic acids is 2. The minimum Gasteiger partial charge on any atom is -0.392 e. The maximum Gasteiger partial charge on any atom is 0.239 e. The fourth-order valence-corrected chi connectivity index (χ4v) is 1.12. The summed E-state index contributed by atoms with van der Waals surface area (Å²) in [4.78, 5) is 22.1. The summed E-state index contributed by atoms with van der Waals surface area (Å²) in [7, 11) is 0. The van der Waals surface area contributed by atoms with Gasteiger partial charge in [0.1, 0.15) is 6.04 Å². The predicted octanol–water partition coefficient (Wildman–Crippen LogP) is -2.43. The van der Waals surface area contributed by atoms with E-state index in [4.69, 9.17) is 5.11 Å². The monoisotopic (exact) mass is 201 g/mol. The molecule has 0 saturated carbocycles. The van der Waals surface area contributed by atoms with Crippen molar-refractivity contribution >= 4 is 11.8 Å². The van der Waals surface area contributed by atoms with Crippen molar-refractivity contribution < 1.29 is 14.7 Å². The lowest BCUT2D eigenvalue weighted by molar-refractivity contribution is -0.126. The van der Waals surface area contributed by atoms with Gasteiger partial charge in [0.15, 0.2) is 0 Å². The van der Waals surface area contributed by atoms with Gasteiger partial charge in [0.25, 0.3) is 0 Å². The van der Waals surface area contributed by atoms with Crippen LogP contribution in [-0.4, -0.2) is 48.7 Å². The van der Waals surface area contributed by atoms with Crippen LogP contribution in [0.2, 0.25) is 0 Å². The third kappa shape index (κ3) is 3.31. The van der Waals surface area contributed by atoms with Crippen LogP contribution in [0.4, 0.5) is 0 Å². The molecule has 6 nitrogen and oxygen atoms in total. The molecular weight excluding hydrogens is 186 g/mol. The quantitative estimate of drug-likeness (QED) is 0.409. The zero-order valence-corrected chi connectivity index (χ0v) is 8.04. The zero-order chi connectivity index (χ0) is 10.6. The van der Waals surface area contributed by atoms with Gasteiger partial charge in [0.05, 0.1) is 12.6 Å². The predicted molar refractivity (Wildman–Crippen MR) is 49.5 cm³/mol. The van der Waals surface area contributed by atoms with Gasteiger partial charge < -0.3 is 15.7 Å². The summed E-state index contributed by atoms with van der Waals surface area (Å²) in [6, 6.07) is -0.397. The van der Waals surface area contributed by atoms with Crippen LogP contribution in [-0.2, 0) is 9.59 Å². The van der Waals surface area contributed by atoms with E-state index in [9.17, 15) is 9.59 Å². The van der Waals surface area contributed by atoms with Gasteiger partial charge in [-0.15, -0.1) is 0 Å². The Morgan fingerprint density at radius 1 is 1.79 bits per heavy atom. The van der Waals surface area contributed by atoms with Crippen LogP contribution in [0.25, 0.3) is 0 Å². The highest BCUT2D eigenvalue weighted by Crippen LogP contribution is 1.88. The van der Waals surface area contributed by atoms with Crippen molar-refractivity contribution in [2.45, 2.75) is 19.1 Å². The van der Waals surface area contributed by atoms with Crippen LogP contribution in [0.5, 0.6) is 0 Å². The Morgan fingerprint density at radius 2 is 2.50 bits per heavy atom. The fourth-order valence-electron chi connectivity index (χ4n) is 1.12. The number of rotatable bonds is 3. The number of hydrogen-bond donors (Lipinski definition) is 4. The third-order valence-corrected chi connectivity index (χ3v) is 1.90. The van der Waals surface area contributed by atoms with Crippen molar-refractivity contribution in [3.63, 3.8) is 0 Å². The summed E-state index contributed by atoms with van der Waals surface area (Å²) >= 11 is 0. The van der Waals surface area contributed by atoms with Crippen molar-refractivity contribution in [3.05, 3.63) is 0 Å². The standard InChI is InChI=1S/C8H15N3O3/c1-5(12)2-11-8(14)6-3-10-7(13)4-9-6/h5-6,9,12H,2-4H2,1H3,(H,10,13)(H,11,14)/t5-,6?/m0/s1. The van der Waals surface area contributed by atoms with Crippen LogP contribution in [0.1, 0.15) is 6.92 Å². The van der Waals surface area contributed by atoms with Gasteiger partial charge in [0, 0.05) is 13.1 Å². The molecule has 0 radical (unpaired) electrons. The molecule has 4 N–H and O–H groups in total. The Labute approximate surface area is 82.1 Å². The summed E-state index contributed by atoms with van der Waals surface area (Å²) in [5, 5.41) is 16.9. The first kappa shape index (κ1) is 10.9. The SMILES string of the molecule is C[C@H](O)CNC(=O)C1CNC(=O)CN1. The second-order valence-corrected chi connectivity index (χ2v) is 3.33. The van der Waals surface area contributed by atoms with Crippen LogP contribution in [0.15, 0.2) is 0 Å². The highest BCUT2D eigenvalue weighted by Gasteiger charge is 2.23.